The third kappa shape index (κ3) is 12.2. The molecule has 0 saturated heterocycles. The first kappa shape index (κ1) is 18.5. The Morgan fingerprint density at radius 3 is 1.14 bits per heavy atom. The average molecular weight is 283 g/mol. The molecule has 0 aliphatic heterocycles. The summed E-state index contributed by atoms with van der Waals surface area (Å²) in [5.74, 6) is 0. The van der Waals surface area contributed by atoms with Gasteiger partial charge in [0.1, 0.15) is 0 Å². The van der Waals surface area contributed by atoms with Crippen LogP contribution in [0.15, 0.2) is 0 Å². The van der Waals surface area contributed by atoms with Crippen LogP contribution in [0.1, 0.15) is 59.3 Å². The van der Waals surface area contributed by atoms with Crippen LogP contribution in [-0.4, -0.2) is 65.7 Å². The molecule has 0 aromatic rings. The van der Waals surface area contributed by atoms with Crippen LogP contribution in [0.5, 0.6) is 0 Å². The second kappa shape index (κ2) is 15.2. The fraction of sp³-hybridized carbons (Fsp3) is 1.00. The quantitative estimate of drug-likeness (QED) is 0.546. The van der Waals surface area contributed by atoms with Gasteiger partial charge in [0.2, 0.25) is 0 Å². The predicted molar refractivity (Wildman–Crippen MR) is 70.7 cm³/mol. The summed E-state index contributed by atoms with van der Waals surface area (Å²) >= 11 is -0.552. The van der Waals surface area contributed by atoms with E-state index in [9.17, 15) is 0 Å². The normalized spacial score (nSPS) is 10.3. The minimum Gasteiger partial charge on any atom is 0 e. The van der Waals surface area contributed by atoms with Gasteiger partial charge in [0.05, 0.1) is 0 Å². The number of hydrogen-bond acceptors (Lipinski definition) is 0. The van der Waals surface area contributed by atoms with Crippen LogP contribution >= 0.6 is 0 Å². The maximum Gasteiger partial charge on any atom is 0 e. The van der Waals surface area contributed by atoms with Gasteiger partial charge in [-0.25, -0.2) is 0 Å². The summed E-state index contributed by atoms with van der Waals surface area (Å²) in [5, 5.41) is 4.95. The number of unbranched alkanes of at least 4 members (excludes halogenated alkanes) is 3. The molecule has 0 fully saturated rings. The Morgan fingerprint density at radius 1 is 0.643 bits per heavy atom. The molecule has 0 aromatic heterocycles. The van der Waals surface area contributed by atoms with E-state index in [0.717, 1.165) is 0 Å². The first-order chi connectivity index (χ1) is 6.35. The molecular formula is C12H27GeK. The van der Waals surface area contributed by atoms with Crippen LogP contribution in [0.4, 0.5) is 0 Å². The molecule has 0 bridgehead atoms. The Bertz CT molecular complexity index is 77.3. The molecule has 0 unspecified atom stereocenters. The van der Waals surface area contributed by atoms with Gasteiger partial charge in [-0.15, -0.1) is 0 Å². The molecule has 80 valence electrons. The Balaban J connectivity index is 0. The molecule has 0 heterocycles. The van der Waals surface area contributed by atoms with Gasteiger partial charge in [-0.2, -0.15) is 0 Å². The van der Waals surface area contributed by atoms with Crippen molar-refractivity contribution in [3.63, 3.8) is 0 Å². The van der Waals surface area contributed by atoms with Crippen LogP contribution in [-0.2, 0) is 0 Å². The fourth-order valence-corrected chi connectivity index (χ4v) is 8.60. The summed E-state index contributed by atoms with van der Waals surface area (Å²) in [6.45, 7) is 6.99. The van der Waals surface area contributed by atoms with Crippen molar-refractivity contribution in [3.05, 3.63) is 0 Å². The van der Waals surface area contributed by atoms with Gasteiger partial charge < -0.3 is 0 Å². The number of rotatable bonds is 9. The van der Waals surface area contributed by atoms with E-state index >= 15 is 0 Å². The average Bonchev–Trinajstić information content (AvgIpc) is 2.17. The van der Waals surface area contributed by atoms with Gasteiger partial charge in [0, 0.05) is 51.4 Å². The van der Waals surface area contributed by atoms with E-state index < -0.39 is 14.3 Å². The molecule has 0 aliphatic carbocycles. The van der Waals surface area contributed by atoms with Crippen molar-refractivity contribution >= 4 is 65.7 Å². The first-order valence-corrected chi connectivity index (χ1v) is 10.6. The molecule has 0 atom stereocenters. The summed E-state index contributed by atoms with van der Waals surface area (Å²) in [4.78, 5) is 0. The molecule has 14 heavy (non-hydrogen) atoms. The first-order valence-electron chi connectivity index (χ1n) is 6.18. The zero-order valence-corrected chi connectivity index (χ0v) is 16.1. The van der Waals surface area contributed by atoms with Crippen molar-refractivity contribution < 1.29 is 0 Å². The molecule has 0 aliphatic rings. The molecule has 2 radical (unpaired) electrons. The monoisotopic (exact) mass is 284 g/mol. The van der Waals surface area contributed by atoms with E-state index in [-0.39, 0.29) is 51.4 Å². The van der Waals surface area contributed by atoms with Crippen LogP contribution in [0, 0.1) is 0 Å². The molecule has 0 spiro atoms. The Hall–Kier alpha value is 2.18. The van der Waals surface area contributed by atoms with E-state index in [2.05, 4.69) is 20.8 Å². The predicted octanol–water partition coefficient (Wildman–Crippen LogP) is 4.50. The third-order valence-corrected chi connectivity index (χ3v) is 9.33. The fourth-order valence-electron chi connectivity index (χ4n) is 1.66. The van der Waals surface area contributed by atoms with Crippen molar-refractivity contribution in [1.29, 1.82) is 0 Å². The van der Waals surface area contributed by atoms with Crippen molar-refractivity contribution in [2.45, 2.75) is 75.1 Å². The van der Waals surface area contributed by atoms with Gasteiger partial charge in [-0.1, -0.05) is 0 Å². The van der Waals surface area contributed by atoms with Crippen molar-refractivity contribution in [1.82, 2.24) is 0 Å². The smallest absolute Gasteiger partial charge is 0 e. The summed E-state index contributed by atoms with van der Waals surface area (Å²) in [6, 6.07) is 0. The van der Waals surface area contributed by atoms with Gasteiger partial charge in [0.15, 0.2) is 0 Å². The summed E-state index contributed by atoms with van der Waals surface area (Å²) in [6.07, 6.45) is 8.78. The maximum absolute atomic E-state index is 2.33. The standard InChI is InChI=1S/C12H27Ge.K/c1-4-7-10-13(11-8-5-2)12-9-6-3;/h4-12H2,1-3H3;. The molecule has 0 saturated carbocycles. The van der Waals surface area contributed by atoms with E-state index in [4.69, 9.17) is 0 Å². The topological polar surface area (TPSA) is 0 Å². The molecule has 0 N–H and O–H groups in total. The molecule has 0 nitrogen and oxygen atoms in total. The minimum absolute atomic E-state index is 0. The second-order valence-corrected chi connectivity index (χ2v) is 10.4. The Kier molecular flexibility index (Phi) is 20.1. The molecule has 0 rings (SSSR count). The van der Waals surface area contributed by atoms with Gasteiger partial charge in [-0.05, 0) is 0 Å². The van der Waals surface area contributed by atoms with Gasteiger partial charge >= 0.3 is 89.4 Å². The SMILES string of the molecule is CCC[CH2][Ge]([CH2]CCC)[CH2]CCC.[K]. The molecule has 0 aromatic carbocycles. The molecule has 0 amide bonds. The minimum atomic E-state index is -0.552. The van der Waals surface area contributed by atoms with E-state index in [1.165, 1.54) is 38.5 Å². The summed E-state index contributed by atoms with van der Waals surface area (Å²) < 4.78 is 0. The second-order valence-electron chi connectivity index (χ2n) is 4.06. The van der Waals surface area contributed by atoms with Crippen molar-refractivity contribution in [2.75, 3.05) is 0 Å². The summed E-state index contributed by atoms with van der Waals surface area (Å²) in [7, 11) is 0. The van der Waals surface area contributed by atoms with Crippen LogP contribution < -0.4 is 0 Å². The largest absolute Gasteiger partial charge is 0 e. The molecular weight excluding hydrogens is 256 g/mol. The van der Waals surface area contributed by atoms with Crippen molar-refractivity contribution in [3.8, 4) is 0 Å². The van der Waals surface area contributed by atoms with E-state index in [1.54, 1.807) is 15.8 Å². The van der Waals surface area contributed by atoms with Crippen LogP contribution in [0.3, 0.4) is 0 Å². The van der Waals surface area contributed by atoms with Crippen LogP contribution in [0.2, 0.25) is 15.8 Å². The van der Waals surface area contributed by atoms with E-state index in [0.29, 0.717) is 0 Å². The molecule has 2 heteroatoms. The van der Waals surface area contributed by atoms with Gasteiger partial charge in [-0.3, -0.25) is 0 Å². The zero-order valence-electron chi connectivity index (χ0n) is 10.9. The Morgan fingerprint density at radius 2 is 0.929 bits per heavy atom. The van der Waals surface area contributed by atoms with Crippen LogP contribution in [0.25, 0.3) is 0 Å². The zero-order chi connectivity index (χ0) is 9.94. The van der Waals surface area contributed by atoms with Gasteiger partial charge in [0.25, 0.3) is 0 Å². The maximum atomic E-state index is 2.33. The van der Waals surface area contributed by atoms with Crippen molar-refractivity contribution in [2.24, 2.45) is 0 Å². The summed E-state index contributed by atoms with van der Waals surface area (Å²) in [5.41, 5.74) is 0. The van der Waals surface area contributed by atoms with E-state index in [1.807, 2.05) is 0 Å². The Labute approximate surface area is 139 Å². The third-order valence-electron chi connectivity index (χ3n) is 2.65. The number of hydrogen-bond donors (Lipinski definition) is 0.